The number of piperazine rings is 3. The lowest BCUT2D eigenvalue weighted by atomic mass is 10.0. The molecule has 142 valence electrons. The van der Waals surface area contributed by atoms with E-state index in [4.69, 9.17) is 5.11 Å². The molecule has 0 spiro atoms. The standard InChI is InChI=1S/C10H8F6O.C6H12N2/c1-5(17)6-2-7(9(11,12)13)4-8(3-6)10(14,15)16;1-2-8-5-3-7(1)4-6-8/h2-5,17H,1H3;1-6H2. The van der Waals surface area contributed by atoms with Crippen LogP contribution in [0.4, 0.5) is 26.3 Å². The highest BCUT2D eigenvalue weighted by Gasteiger charge is 2.37. The Hall–Kier alpha value is -1.32. The fraction of sp³-hybridized carbons (Fsp3) is 0.625. The van der Waals surface area contributed by atoms with E-state index in [-0.39, 0.29) is 6.07 Å². The highest BCUT2D eigenvalue weighted by atomic mass is 19.4. The quantitative estimate of drug-likeness (QED) is 0.768. The Bertz CT molecular complexity index is 522. The van der Waals surface area contributed by atoms with Crippen LogP contribution < -0.4 is 0 Å². The van der Waals surface area contributed by atoms with Crippen LogP contribution in [0.3, 0.4) is 0 Å². The molecular weight excluding hydrogens is 350 g/mol. The molecule has 0 radical (unpaired) electrons. The van der Waals surface area contributed by atoms with Crippen molar-refractivity contribution in [3.05, 3.63) is 34.9 Å². The van der Waals surface area contributed by atoms with Crippen LogP contribution in [0, 0.1) is 0 Å². The highest BCUT2D eigenvalue weighted by Crippen LogP contribution is 2.37. The van der Waals surface area contributed by atoms with Crippen LogP contribution >= 0.6 is 0 Å². The summed E-state index contributed by atoms with van der Waals surface area (Å²) >= 11 is 0. The van der Waals surface area contributed by atoms with Crippen LogP contribution in [0.5, 0.6) is 0 Å². The van der Waals surface area contributed by atoms with Crippen LogP contribution in [0.15, 0.2) is 18.2 Å². The second-order valence-corrected chi connectivity index (χ2v) is 6.20. The predicted molar refractivity (Wildman–Crippen MR) is 80.0 cm³/mol. The first-order chi connectivity index (χ1) is 11.5. The first-order valence-electron chi connectivity index (χ1n) is 7.89. The third-order valence-corrected chi connectivity index (χ3v) is 4.29. The molecule has 4 rings (SSSR count). The van der Waals surface area contributed by atoms with Crippen molar-refractivity contribution in [2.45, 2.75) is 25.4 Å². The molecular formula is C16H20F6N2O. The SMILES string of the molecule is C1CN2CCN1CC2.CC(O)c1cc(C(F)(F)F)cc(C(F)(F)F)c1. The van der Waals surface area contributed by atoms with Gasteiger partial charge in [-0.05, 0) is 30.7 Å². The summed E-state index contributed by atoms with van der Waals surface area (Å²) in [7, 11) is 0. The lowest BCUT2D eigenvalue weighted by Crippen LogP contribution is -2.55. The van der Waals surface area contributed by atoms with E-state index in [0.29, 0.717) is 12.1 Å². The smallest absolute Gasteiger partial charge is 0.389 e. The lowest BCUT2D eigenvalue weighted by Gasteiger charge is -2.41. The maximum atomic E-state index is 12.4. The summed E-state index contributed by atoms with van der Waals surface area (Å²) in [6, 6.07) is 1.02. The van der Waals surface area contributed by atoms with Gasteiger partial charge in [0.05, 0.1) is 17.2 Å². The Kier molecular flexibility index (Phi) is 6.01. The highest BCUT2D eigenvalue weighted by molar-refractivity contribution is 5.34. The van der Waals surface area contributed by atoms with Gasteiger partial charge in [-0.15, -0.1) is 0 Å². The molecule has 3 aliphatic rings. The predicted octanol–water partition coefficient (Wildman–Crippen LogP) is 3.40. The first-order valence-corrected chi connectivity index (χ1v) is 7.89. The van der Waals surface area contributed by atoms with Gasteiger partial charge in [-0.25, -0.2) is 0 Å². The summed E-state index contributed by atoms with van der Waals surface area (Å²) in [6.07, 6.45) is -11.2. The van der Waals surface area contributed by atoms with Crippen LogP contribution in [0.25, 0.3) is 0 Å². The molecule has 0 saturated carbocycles. The molecule has 3 fully saturated rings. The van der Waals surface area contributed by atoms with Crippen molar-refractivity contribution in [2.75, 3.05) is 39.3 Å². The third kappa shape index (κ3) is 5.58. The fourth-order valence-electron chi connectivity index (χ4n) is 2.74. The number of hydrogen-bond acceptors (Lipinski definition) is 3. The van der Waals surface area contributed by atoms with Gasteiger partial charge >= 0.3 is 12.4 Å². The summed E-state index contributed by atoms with van der Waals surface area (Å²) in [5.41, 5.74) is -3.28. The zero-order valence-electron chi connectivity index (χ0n) is 13.7. The topological polar surface area (TPSA) is 26.7 Å². The molecule has 1 aromatic carbocycles. The number of fused-ring (bicyclic) bond motifs is 3. The van der Waals surface area contributed by atoms with Crippen molar-refractivity contribution in [2.24, 2.45) is 0 Å². The maximum Gasteiger partial charge on any atom is 0.416 e. The molecule has 2 bridgehead atoms. The molecule has 1 unspecified atom stereocenters. The van der Waals surface area contributed by atoms with E-state index in [1.807, 2.05) is 0 Å². The summed E-state index contributed by atoms with van der Waals surface area (Å²) < 4.78 is 74.1. The molecule has 1 aromatic rings. The van der Waals surface area contributed by atoms with E-state index < -0.39 is 35.1 Å². The van der Waals surface area contributed by atoms with Gasteiger partial charge < -0.3 is 5.11 Å². The monoisotopic (exact) mass is 370 g/mol. The minimum absolute atomic E-state index is 0.0197. The molecule has 0 aromatic heterocycles. The van der Waals surface area contributed by atoms with Gasteiger partial charge in [0, 0.05) is 39.3 Å². The van der Waals surface area contributed by atoms with Crippen molar-refractivity contribution >= 4 is 0 Å². The third-order valence-electron chi connectivity index (χ3n) is 4.29. The molecule has 0 amide bonds. The molecule has 0 aliphatic carbocycles. The zero-order valence-corrected chi connectivity index (χ0v) is 13.7. The van der Waals surface area contributed by atoms with Gasteiger partial charge in [-0.2, -0.15) is 26.3 Å². The zero-order chi connectivity index (χ0) is 18.8. The minimum Gasteiger partial charge on any atom is -0.389 e. The van der Waals surface area contributed by atoms with E-state index in [9.17, 15) is 26.3 Å². The minimum atomic E-state index is -4.88. The number of benzene rings is 1. The number of rotatable bonds is 1. The fourth-order valence-corrected chi connectivity index (χ4v) is 2.74. The number of nitrogens with zero attached hydrogens (tertiary/aromatic N) is 2. The van der Waals surface area contributed by atoms with Crippen molar-refractivity contribution in [1.82, 2.24) is 9.80 Å². The van der Waals surface area contributed by atoms with Gasteiger partial charge in [0.1, 0.15) is 0 Å². The van der Waals surface area contributed by atoms with Crippen LogP contribution in [0.1, 0.15) is 29.7 Å². The van der Waals surface area contributed by atoms with Crippen LogP contribution in [-0.4, -0.2) is 54.2 Å². The first kappa shape index (κ1) is 20.0. The van der Waals surface area contributed by atoms with Crippen molar-refractivity contribution < 1.29 is 31.4 Å². The van der Waals surface area contributed by atoms with Crippen LogP contribution in [0.2, 0.25) is 0 Å². The summed E-state index contributed by atoms with van der Waals surface area (Å²) in [4.78, 5) is 5.08. The molecule has 3 saturated heterocycles. The second kappa shape index (κ2) is 7.51. The van der Waals surface area contributed by atoms with E-state index in [2.05, 4.69) is 9.80 Å². The van der Waals surface area contributed by atoms with E-state index >= 15 is 0 Å². The van der Waals surface area contributed by atoms with E-state index in [1.165, 1.54) is 39.3 Å². The molecule has 3 nitrogen and oxygen atoms in total. The summed E-state index contributed by atoms with van der Waals surface area (Å²) in [5.74, 6) is 0. The number of aliphatic hydroxyl groups excluding tert-OH is 1. The van der Waals surface area contributed by atoms with E-state index in [1.54, 1.807) is 0 Å². The molecule has 25 heavy (non-hydrogen) atoms. The molecule has 1 atom stereocenters. The molecule has 3 aliphatic heterocycles. The Balaban J connectivity index is 0.000000230. The Morgan fingerprint density at radius 2 is 1.08 bits per heavy atom. The van der Waals surface area contributed by atoms with E-state index in [0.717, 1.165) is 6.92 Å². The summed E-state index contributed by atoms with van der Waals surface area (Å²) in [5, 5.41) is 9.07. The Morgan fingerprint density at radius 1 is 0.760 bits per heavy atom. The van der Waals surface area contributed by atoms with Gasteiger partial charge in [0.25, 0.3) is 0 Å². The van der Waals surface area contributed by atoms with Gasteiger partial charge in [-0.1, -0.05) is 0 Å². The number of halogens is 6. The number of alkyl halides is 6. The van der Waals surface area contributed by atoms with Gasteiger partial charge in [-0.3, -0.25) is 9.80 Å². The van der Waals surface area contributed by atoms with Gasteiger partial charge in [0.2, 0.25) is 0 Å². The average molecular weight is 370 g/mol. The number of aliphatic hydroxyl groups is 1. The number of hydrogen-bond donors (Lipinski definition) is 1. The normalized spacial score (nSPS) is 24.5. The molecule has 1 N–H and O–H groups in total. The van der Waals surface area contributed by atoms with Crippen molar-refractivity contribution in [1.29, 1.82) is 0 Å². The van der Waals surface area contributed by atoms with Crippen molar-refractivity contribution in [3.8, 4) is 0 Å². The maximum absolute atomic E-state index is 12.4. The Labute approximate surface area is 141 Å². The average Bonchev–Trinajstić information content (AvgIpc) is 2.55. The van der Waals surface area contributed by atoms with Crippen molar-refractivity contribution in [3.63, 3.8) is 0 Å². The second-order valence-electron chi connectivity index (χ2n) is 6.20. The molecule has 3 heterocycles. The molecule has 9 heteroatoms. The van der Waals surface area contributed by atoms with Gasteiger partial charge in [0.15, 0.2) is 0 Å². The largest absolute Gasteiger partial charge is 0.416 e. The summed E-state index contributed by atoms with van der Waals surface area (Å²) in [6.45, 7) is 9.01. The van der Waals surface area contributed by atoms with Crippen LogP contribution in [-0.2, 0) is 12.4 Å². The lowest BCUT2D eigenvalue weighted by molar-refractivity contribution is -0.143. The Morgan fingerprint density at radius 3 is 1.28 bits per heavy atom.